The highest BCUT2D eigenvalue weighted by Gasteiger charge is 2.08. The number of hydrogen-bond donors (Lipinski definition) is 1. The fourth-order valence-electron chi connectivity index (χ4n) is 1.29. The zero-order valence-electron chi connectivity index (χ0n) is 9.57. The Labute approximate surface area is 90.9 Å². The van der Waals surface area contributed by atoms with Crippen LogP contribution >= 0.6 is 0 Å². The fourth-order valence-corrected chi connectivity index (χ4v) is 1.29. The summed E-state index contributed by atoms with van der Waals surface area (Å²) in [5.41, 5.74) is 1.17. The van der Waals surface area contributed by atoms with Crippen LogP contribution in [0.5, 0.6) is 0 Å². The molecule has 1 aromatic rings. The van der Waals surface area contributed by atoms with Crippen molar-refractivity contribution in [3.63, 3.8) is 0 Å². The first-order valence-electron chi connectivity index (χ1n) is 5.32. The lowest BCUT2D eigenvalue weighted by Crippen LogP contribution is -2.23. The van der Waals surface area contributed by atoms with Gasteiger partial charge >= 0.3 is 0 Å². The van der Waals surface area contributed by atoms with E-state index in [1.165, 1.54) is 5.56 Å². The predicted molar refractivity (Wildman–Crippen MR) is 59.1 cm³/mol. The van der Waals surface area contributed by atoms with Gasteiger partial charge in [-0.05, 0) is 20.8 Å². The number of aromatic nitrogens is 2. The molecule has 0 radical (unpaired) electrons. The monoisotopic (exact) mass is 206 g/mol. The Kier molecular flexibility index (Phi) is 4.32. The van der Waals surface area contributed by atoms with Gasteiger partial charge in [0.25, 0.3) is 0 Å². The summed E-state index contributed by atoms with van der Waals surface area (Å²) in [6.07, 6.45) is 3.91. The average Bonchev–Trinajstić information content (AvgIpc) is 2.73. The maximum absolute atomic E-state index is 8.65. The number of nitrogens with one attached hydrogen (secondary N) is 1. The summed E-state index contributed by atoms with van der Waals surface area (Å²) >= 11 is 0. The van der Waals surface area contributed by atoms with E-state index in [1.54, 1.807) is 0 Å². The Hall–Kier alpha value is -1.34. The quantitative estimate of drug-likeness (QED) is 0.798. The Morgan fingerprint density at radius 1 is 1.60 bits per heavy atom. The van der Waals surface area contributed by atoms with Gasteiger partial charge in [0, 0.05) is 30.9 Å². The molecule has 0 spiro atoms. The molecule has 1 N–H and O–H groups in total. The van der Waals surface area contributed by atoms with Gasteiger partial charge in [0.2, 0.25) is 0 Å². The lowest BCUT2D eigenvalue weighted by molar-refractivity contribution is 0.527. The Morgan fingerprint density at radius 2 is 2.33 bits per heavy atom. The number of hydrogen-bond acceptors (Lipinski definition) is 3. The van der Waals surface area contributed by atoms with Crippen molar-refractivity contribution in [1.29, 1.82) is 5.26 Å². The topological polar surface area (TPSA) is 53.6 Å². The molecule has 82 valence electrons. The van der Waals surface area contributed by atoms with Crippen molar-refractivity contribution in [3.8, 4) is 6.07 Å². The standard InChI is InChI=1S/C11H18N4/c1-4-15-8-11(7-14-15)10(3)13-6-9(2)5-12/h7-10,13H,4,6H2,1-3H3. The van der Waals surface area contributed by atoms with Gasteiger partial charge in [-0.3, -0.25) is 4.68 Å². The Morgan fingerprint density at radius 3 is 2.87 bits per heavy atom. The van der Waals surface area contributed by atoms with Crippen molar-refractivity contribution in [1.82, 2.24) is 15.1 Å². The van der Waals surface area contributed by atoms with Gasteiger partial charge in [-0.1, -0.05) is 0 Å². The molecule has 0 saturated carbocycles. The van der Waals surface area contributed by atoms with Gasteiger partial charge in [-0.15, -0.1) is 0 Å². The smallest absolute Gasteiger partial charge is 0.0666 e. The van der Waals surface area contributed by atoms with Crippen LogP contribution in [0.4, 0.5) is 0 Å². The molecule has 0 aromatic carbocycles. The van der Waals surface area contributed by atoms with E-state index in [1.807, 2.05) is 24.0 Å². The highest BCUT2D eigenvalue weighted by Crippen LogP contribution is 2.10. The first kappa shape index (κ1) is 11.7. The van der Waals surface area contributed by atoms with Crippen LogP contribution < -0.4 is 5.32 Å². The van der Waals surface area contributed by atoms with E-state index in [2.05, 4.69) is 30.3 Å². The van der Waals surface area contributed by atoms with Gasteiger partial charge in [-0.2, -0.15) is 10.4 Å². The van der Waals surface area contributed by atoms with Crippen LogP contribution in [0.15, 0.2) is 12.4 Å². The minimum absolute atomic E-state index is 0.0497. The molecular weight excluding hydrogens is 188 g/mol. The summed E-state index contributed by atoms with van der Waals surface area (Å²) in [4.78, 5) is 0. The molecule has 0 aliphatic carbocycles. The maximum atomic E-state index is 8.65. The Bertz CT molecular complexity index is 337. The largest absolute Gasteiger partial charge is 0.309 e. The molecule has 1 aromatic heterocycles. The third-order valence-corrected chi connectivity index (χ3v) is 2.43. The molecule has 0 bridgehead atoms. The predicted octanol–water partition coefficient (Wildman–Crippen LogP) is 1.71. The minimum Gasteiger partial charge on any atom is -0.309 e. The summed E-state index contributed by atoms with van der Waals surface area (Å²) in [5, 5.41) is 16.2. The molecule has 0 aliphatic rings. The first-order chi connectivity index (χ1) is 7.17. The van der Waals surface area contributed by atoms with E-state index in [9.17, 15) is 0 Å². The van der Waals surface area contributed by atoms with Crippen molar-refractivity contribution in [3.05, 3.63) is 18.0 Å². The molecule has 0 amide bonds. The van der Waals surface area contributed by atoms with Crippen molar-refractivity contribution < 1.29 is 0 Å². The first-order valence-corrected chi connectivity index (χ1v) is 5.32. The summed E-state index contributed by atoms with van der Waals surface area (Å²) in [6.45, 7) is 7.67. The van der Waals surface area contributed by atoms with Crippen LogP contribution in [-0.4, -0.2) is 16.3 Å². The lowest BCUT2D eigenvalue weighted by atomic mass is 10.1. The summed E-state index contributed by atoms with van der Waals surface area (Å²) < 4.78 is 1.90. The fraction of sp³-hybridized carbons (Fsp3) is 0.636. The van der Waals surface area contributed by atoms with E-state index in [0.29, 0.717) is 0 Å². The zero-order valence-corrected chi connectivity index (χ0v) is 9.57. The Balaban J connectivity index is 2.47. The lowest BCUT2D eigenvalue weighted by Gasteiger charge is -2.12. The van der Waals surface area contributed by atoms with E-state index < -0.39 is 0 Å². The third kappa shape index (κ3) is 3.37. The van der Waals surface area contributed by atoms with Crippen LogP contribution in [0.25, 0.3) is 0 Å². The molecule has 15 heavy (non-hydrogen) atoms. The van der Waals surface area contributed by atoms with Crippen LogP contribution in [-0.2, 0) is 6.54 Å². The third-order valence-electron chi connectivity index (χ3n) is 2.43. The molecule has 0 saturated heterocycles. The SMILES string of the molecule is CCn1cc(C(C)NCC(C)C#N)cn1. The highest BCUT2D eigenvalue weighted by molar-refractivity contribution is 5.09. The van der Waals surface area contributed by atoms with Crippen LogP contribution in [0.3, 0.4) is 0 Å². The minimum atomic E-state index is 0.0497. The van der Waals surface area contributed by atoms with E-state index in [4.69, 9.17) is 5.26 Å². The average molecular weight is 206 g/mol. The van der Waals surface area contributed by atoms with Gasteiger partial charge in [0.05, 0.1) is 18.2 Å². The second kappa shape index (κ2) is 5.52. The summed E-state index contributed by atoms with van der Waals surface area (Å²) in [6, 6.07) is 2.46. The second-order valence-corrected chi connectivity index (χ2v) is 3.79. The molecule has 1 heterocycles. The number of aryl methyl sites for hydroxylation is 1. The number of rotatable bonds is 5. The van der Waals surface area contributed by atoms with E-state index in [-0.39, 0.29) is 12.0 Å². The molecule has 2 atom stereocenters. The number of nitrogens with zero attached hydrogens (tertiary/aromatic N) is 3. The van der Waals surface area contributed by atoms with Crippen molar-refractivity contribution in [2.45, 2.75) is 33.4 Å². The molecular formula is C11H18N4. The molecule has 4 heteroatoms. The summed E-state index contributed by atoms with van der Waals surface area (Å²) in [5.74, 6) is 0.0497. The summed E-state index contributed by atoms with van der Waals surface area (Å²) in [7, 11) is 0. The molecule has 2 unspecified atom stereocenters. The second-order valence-electron chi connectivity index (χ2n) is 3.79. The van der Waals surface area contributed by atoms with Gasteiger partial charge in [0.15, 0.2) is 0 Å². The zero-order chi connectivity index (χ0) is 11.3. The maximum Gasteiger partial charge on any atom is 0.0666 e. The highest BCUT2D eigenvalue weighted by atomic mass is 15.3. The van der Waals surface area contributed by atoms with E-state index in [0.717, 1.165) is 13.1 Å². The van der Waals surface area contributed by atoms with Crippen LogP contribution in [0, 0.1) is 17.2 Å². The van der Waals surface area contributed by atoms with Gasteiger partial charge in [0.1, 0.15) is 0 Å². The van der Waals surface area contributed by atoms with Crippen molar-refractivity contribution in [2.75, 3.05) is 6.54 Å². The van der Waals surface area contributed by atoms with Gasteiger partial charge < -0.3 is 5.32 Å². The molecule has 1 rings (SSSR count). The van der Waals surface area contributed by atoms with Crippen LogP contribution in [0.2, 0.25) is 0 Å². The van der Waals surface area contributed by atoms with Gasteiger partial charge in [-0.25, -0.2) is 0 Å². The molecule has 0 fully saturated rings. The normalized spacial score (nSPS) is 14.5. The molecule has 0 aliphatic heterocycles. The molecule has 4 nitrogen and oxygen atoms in total. The van der Waals surface area contributed by atoms with Crippen molar-refractivity contribution in [2.24, 2.45) is 5.92 Å². The van der Waals surface area contributed by atoms with E-state index >= 15 is 0 Å². The number of nitriles is 1. The van der Waals surface area contributed by atoms with Crippen molar-refractivity contribution >= 4 is 0 Å². The van der Waals surface area contributed by atoms with Crippen LogP contribution in [0.1, 0.15) is 32.4 Å².